The molecule has 1 N–H and O–H groups in total. The first-order valence-corrected chi connectivity index (χ1v) is 5.85. The maximum atomic E-state index is 5.08. The predicted molar refractivity (Wildman–Crippen MR) is 60.7 cm³/mol. The molecule has 0 spiro atoms. The van der Waals surface area contributed by atoms with Gasteiger partial charge >= 0.3 is 0 Å². The quantitative estimate of drug-likeness (QED) is 0.818. The summed E-state index contributed by atoms with van der Waals surface area (Å²) in [5.74, 6) is 0. The number of rotatable bonds is 4. The van der Waals surface area contributed by atoms with Crippen molar-refractivity contribution >= 4 is 0 Å². The summed E-state index contributed by atoms with van der Waals surface area (Å²) in [5, 5.41) is 3.52. The van der Waals surface area contributed by atoms with E-state index in [0.29, 0.717) is 0 Å². The fourth-order valence-electron chi connectivity index (χ4n) is 2.22. The van der Waals surface area contributed by atoms with E-state index >= 15 is 0 Å². The molecule has 0 aromatic carbocycles. The molecule has 1 aliphatic rings. The lowest BCUT2D eigenvalue weighted by Gasteiger charge is -2.31. The minimum absolute atomic E-state index is 0.732. The van der Waals surface area contributed by atoms with E-state index in [1.165, 1.54) is 31.5 Å². The van der Waals surface area contributed by atoms with Gasteiger partial charge in [-0.15, -0.1) is 0 Å². The Bertz CT molecular complexity index is 263. The fourth-order valence-corrected chi connectivity index (χ4v) is 2.22. The molecule has 0 aliphatic carbocycles. The van der Waals surface area contributed by atoms with Gasteiger partial charge in [-0.25, -0.2) is 0 Å². The average Bonchev–Trinajstić information content (AvgIpc) is 2.74. The number of hydrogen-bond acceptors (Lipinski definition) is 3. The van der Waals surface area contributed by atoms with Crippen molar-refractivity contribution in [1.29, 1.82) is 0 Å². The minimum Gasteiger partial charge on any atom is -0.472 e. The number of nitrogens with zero attached hydrogens (tertiary/aromatic N) is 1. The lowest BCUT2D eigenvalue weighted by Crippen LogP contribution is -2.41. The smallest absolute Gasteiger partial charge is 0.0947 e. The van der Waals surface area contributed by atoms with Gasteiger partial charge in [0, 0.05) is 18.2 Å². The Morgan fingerprint density at radius 1 is 1.47 bits per heavy atom. The van der Waals surface area contributed by atoms with Gasteiger partial charge in [-0.3, -0.25) is 4.90 Å². The summed E-state index contributed by atoms with van der Waals surface area (Å²) in [6.07, 6.45) is 6.13. The number of nitrogens with one attached hydrogen (secondary N) is 1. The summed E-state index contributed by atoms with van der Waals surface area (Å²) in [7, 11) is 0. The van der Waals surface area contributed by atoms with Gasteiger partial charge in [0.15, 0.2) is 0 Å². The zero-order valence-electron chi connectivity index (χ0n) is 9.41. The highest BCUT2D eigenvalue weighted by atomic mass is 16.3. The molecule has 1 aromatic rings. The van der Waals surface area contributed by atoms with Crippen LogP contribution in [0.25, 0.3) is 0 Å². The van der Waals surface area contributed by atoms with Crippen LogP contribution in [0.15, 0.2) is 23.0 Å². The van der Waals surface area contributed by atoms with E-state index in [4.69, 9.17) is 4.42 Å². The Morgan fingerprint density at radius 3 is 2.87 bits per heavy atom. The van der Waals surface area contributed by atoms with E-state index in [-0.39, 0.29) is 0 Å². The average molecular weight is 208 g/mol. The van der Waals surface area contributed by atoms with Crippen LogP contribution >= 0.6 is 0 Å². The van der Waals surface area contributed by atoms with Crippen molar-refractivity contribution in [3.8, 4) is 0 Å². The number of hydrogen-bond donors (Lipinski definition) is 1. The van der Waals surface area contributed by atoms with E-state index in [1.54, 1.807) is 6.26 Å². The monoisotopic (exact) mass is 208 g/mol. The molecule has 0 amide bonds. The molecule has 0 bridgehead atoms. The fraction of sp³-hybridized carbons (Fsp3) is 0.667. The van der Waals surface area contributed by atoms with Crippen LogP contribution in [0, 0.1) is 0 Å². The Kier molecular flexibility index (Phi) is 3.80. The van der Waals surface area contributed by atoms with E-state index in [1.807, 2.05) is 6.26 Å². The topological polar surface area (TPSA) is 28.4 Å². The van der Waals surface area contributed by atoms with Gasteiger partial charge in [-0.1, -0.05) is 6.92 Å². The number of piperidine rings is 1. The number of furan rings is 1. The molecule has 84 valence electrons. The molecule has 1 fully saturated rings. The highest BCUT2D eigenvalue weighted by Crippen LogP contribution is 2.13. The van der Waals surface area contributed by atoms with Crippen LogP contribution in [0.1, 0.15) is 25.3 Å². The Balaban J connectivity index is 1.74. The second-order valence-electron chi connectivity index (χ2n) is 4.24. The van der Waals surface area contributed by atoms with Gasteiger partial charge < -0.3 is 9.73 Å². The first-order chi connectivity index (χ1) is 7.38. The van der Waals surface area contributed by atoms with Crippen LogP contribution in [-0.4, -0.2) is 30.6 Å². The molecular formula is C12H20N2O. The second-order valence-corrected chi connectivity index (χ2v) is 4.24. The summed E-state index contributed by atoms with van der Waals surface area (Å²) >= 11 is 0. The van der Waals surface area contributed by atoms with Crippen LogP contribution in [-0.2, 0) is 6.54 Å². The van der Waals surface area contributed by atoms with Gasteiger partial charge in [0.05, 0.1) is 12.5 Å². The van der Waals surface area contributed by atoms with Gasteiger partial charge in [0.25, 0.3) is 0 Å². The number of likely N-dealkylation sites (tertiary alicyclic amines) is 1. The van der Waals surface area contributed by atoms with E-state index in [2.05, 4.69) is 23.2 Å². The standard InChI is InChI=1S/C12H20N2O/c1-2-13-12-3-6-14(7-4-12)9-11-5-8-15-10-11/h5,8,10,12-13H,2-4,6-7,9H2,1H3. The third kappa shape index (κ3) is 3.08. The molecule has 1 saturated heterocycles. The first-order valence-electron chi connectivity index (χ1n) is 5.85. The second kappa shape index (κ2) is 5.33. The highest BCUT2D eigenvalue weighted by Gasteiger charge is 2.18. The van der Waals surface area contributed by atoms with Crippen molar-refractivity contribution in [1.82, 2.24) is 10.2 Å². The van der Waals surface area contributed by atoms with Crippen molar-refractivity contribution in [2.45, 2.75) is 32.4 Å². The predicted octanol–water partition coefficient (Wildman–Crippen LogP) is 1.85. The van der Waals surface area contributed by atoms with Crippen LogP contribution in [0.5, 0.6) is 0 Å². The maximum absolute atomic E-state index is 5.08. The highest BCUT2D eigenvalue weighted by molar-refractivity contribution is 5.05. The summed E-state index contributed by atoms with van der Waals surface area (Å²) in [4.78, 5) is 2.50. The minimum atomic E-state index is 0.732. The molecule has 0 radical (unpaired) electrons. The maximum Gasteiger partial charge on any atom is 0.0947 e. The third-order valence-corrected chi connectivity index (χ3v) is 3.07. The molecule has 1 aromatic heterocycles. The van der Waals surface area contributed by atoms with Gasteiger partial charge in [0.2, 0.25) is 0 Å². The van der Waals surface area contributed by atoms with Crippen LogP contribution in [0.2, 0.25) is 0 Å². The van der Waals surface area contributed by atoms with Gasteiger partial charge in [0.1, 0.15) is 0 Å². The summed E-state index contributed by atoms with van der Waals surface area (Å²) in [5.41, 5.74) is 1.29. The summed E-state index contributed by atoms with van der Waals surface area (Å²) < 4.78 is 5.08. The van der Waals surface area contributed by atoms with E-state index in [9.17, 15) is 0 Å². The van der Waals surface area contributed by atoms with E-state index in [0.717, 1.165) is 19.1 Å². The molecule has 0 atom stereocenters. The summed E-state index contributed by atoms with van der Waals surface area (Å²) in [6.45, 7) is 6.70. The summed E-state index contributed by atoms with van der Waals surface area (Å²) in [6, 6.07) is 2.78. The van der Waals surface area contributed by atoms with Crippen LogP contribution in [0.4, 0.5) is 0 Å². The molecule has 2 rings (SSSR count). The van der Waals surface area contributed by atoms with Crippen LogP contribution < -0.4 is 5.32 Å². The molecule has 1 aliphatic heterocycles. The molecule has 0 saturated carbocycles. The molecular weight excluding hydrogens is 188 g/mol. The molecule has 3 nitrogen and oxygen atoms in total. The van der Waals surface area contributed by atoms with Crippen molar-refractivity contribution in [2.75, 3.05) is 19.6 Å². The molecule has 0 unspecified atom stereocenters. The molecule has 3 heteroatoms. The van der Waals surface area contributed by atoms with Gasteiger partial charge in [-0.05, 0) is 38.5 Å². The Morgan fingerprint density at radius 2 is 2.27 bits per heavy atom. The molecule has 15 heavy (non-hydrogen) atoms. The zero-order valence-corrected chi connectivity index (χ0v) is 9.41. The lowest BCUT2D eigenvalue weighted by molar-refractivity contribution is 0.191. The Hall–Kier alpha value is -0.800. The van der Waals surface area contributed by atoms with Crippen molar-refractivity contribution in [3.63, 3.8) is 0 Å². The first kappa shape index (κ1) is 10.7. The van der Waals surface area contributed by atoms with Crippen molar-refractivity contribution < 1.29 is 4.42 Å². The van der Waals surface area contributed by atoms with Crippen molar-refractivity contribution in [3.05, 3.63) is 24.2 Å². The largest absolute Gasteiger partial charge is 0.472 e. The van der Waals surface area contributed by atoms with Crippen LogP contribution in [0.3, 0.4) is 0 Å². The molecule has 2 heterocycles. The zero-order chi connectivity index (χ0) is 10.5. The van der Waals surface area contributed by atoms with Gasteiger partial charge in [-0.2, -0.15) is 0 Å². The normalized spacial score (nSPS) is 19.5. The third-order valence-electron chi connectivity index (χ3n) is 3.07. The lowest BCUT2D eigenvalue weighted by atomic mass is 10.0. The van der Waals surface area contributed by atoms with E-state index < -0.39 is 0 Å². The Labute approximate surface area is 91.4 Å². The SMILES string of the molecule is CCNC1CCN(Cc2ccoc2)CC1. The van der Waals surface area contributed by atoms with Crippen molar-refractivity contribution in [2.24, 2.45) is 0 Å².